The molecule has 0 aliphatic rings. The number of nitrogens with one attached hydrogen (secondary N) is 1. The van der Waals surface area contributed by atoms with E-state index in [9.17, 15) is 4.57 Å². The Hall–Kier alpha value is -2.71. The van der Waals surface area contributed by atoms with E-state index in [-0.39, 0.29) is 5.67 Å². The smallest absolute Gasteiger partial charge is 0.204 e. The largest absolute Gasteiger partial charge is 0.297 e. The number of benzene rings is 4. The third-order valence-electron chi connectivity index (χ3n) is 5.92. The van der Waals surface area contributed by atoms with Crippen LogP contribution in [-0.2, 0) is 4.57 Å². The van der Waals surface area contributed by atoms with Gasteiger partial charge in [0.15, 0.2) is 0 Å². The lowest BCUT2D eigenvalue weighted by atomic mass is 10.2. The van der Waals surface area contributed by atoms with Crippen molar-refractivity contribution in [3.63, 3.8) is 0 Å². The third-order valence-corrected chi connectivity index (χ3v) is 12.6. The molecule has 31 heavy (non-hydrogen) atoms. The molecule has 0 bridgehead atoms. The van der Waals surface area contributed by atoms with E-state index in [0.717, 1.165) is 10.6 Å². The molecule has 1 unspecified atom stereocenters. The highest BCUT2D eigenvalue weighted by molar-refractivity contribution is 7.77. The fourth-order valence-electron chi connectivity index (χ4n) is 4.09. The van der Waals surface area contributed by atoms with Gasteiger partial charge in [0.05, 0.1) is 0 Å². The van der Waals surface area contributed by atoms with Crippen molar-refractivity contribution < 1.29 is 4.57 Å². The summed E-state index contributed by atoms with van der Waals surface area (Å²) in [6, 6.07) is 40.8. The molecule has 0 saturated carbocycles. The van der Waals surface area contributed by atoms with Gasteiger partial charge >= 0.3 is 0 Å². The van der Waals surface area contributed by atoms with E-state index >= 15 is 0 Å². The lowest BCUT2D eigenvalue weighted by Crippen LogP contribution is -2.53. The molecule has 0 saturated heterocycles. The van der Waals surface area contributed by atoms with Crippen LogP contribution in [0.25, 0.3) is 0 Å². The van der Waals surface area contributed by atoms with Crippen LogP contribution >= 0.6 is 7.29 Å². The van der Waals surface area contributed by atoms with Crippen molar-refractivity contribution in [2.24, 2.45) is 0 Å². The first-order valence-electron chi connectivity index (χ1n) is 10.6. The van der Waals surface area contributed by atoms with Gasteiger partial charge in [0, 0.05) is 16.3 Å². The maximum absolute atomic E-state index is 14.8. The molecule has 2 nitrogen and oxygen atoms in total. The van der Waals surface area contributed by atoms with Gasteiger partial charge in [-0.05, 0) is 29.8 Å². The first-order chi connectivity index (χ1) is 15.0. The van der Waals surface area contributed by atoms with Crippen molar-refractivity contribution in [3.8, 4) is 0 Å². The lowest BCUT2D eigenvalue weighted by Gasteiger charge is -2.37. The summed E-state index contributed by atoms with van der Waals surface area (Å²) < 4.78 is 14.8. The first-order valence-corrected chi connectivity index (χ1v) is 15.4. The van der Waals surface area contributed by atoms with Crippen LogP contribution in [-0.4, -0.2) is 8.07 Å². The zero-order chi connectivity index (χ0) is 21.7. The minimum atomic E-state index is -3.08. The fourth-order valence-corrected chi connectivity index (χ4v) is 10.6. The van der Waals surface area contributed by atoms with Crippen LogP contribution in [0.1, 0.15) is 11.2 Å². The van der Waals surface area contributed by atoms with E-state index in [1.54, 1.807) is 0 Å². The van der Waals surface area contributed by atoms with Crippen molar-refractivity contribution in [3.05, 3.63) is 127 Å². The molecule has 0 aliphatic heterocycles. The highest BCUT2D eigenvalue weighted by atomic mass is 31.2. The minimum Gasteiger partial charge on any atom is -0.297 e. The van der Waals surface area contributed by atoms with Crippen molar-refractivity contribution in [1.29, 1.82) is 0 Å². The van der Waals surface area contributed by atoms with E-state index in [4.69, 9.17) is 0 Å². The van der Waals surface area contributed by atoms with Crippen molar-refractivity contribution in [1.82, 2.24) is 5.09 Å². The Morgan fingerprint density at radius 1 is 0.613 bits per heavy atom. The molecule has 0 aliphatic carbocycles. The standard InChI is InChI=1S/C27H28NOPSi/c1-31(2,26-21-13-6-14-22-26)27(23-15-7-3-8-16-23)28-30(29,24-17-9-4-10-18-24)25-19-11-5-12-20-25/h3-22,27H,1-2H3,(H,28,29). The molecule has 0 fully saturated rings. The number of hydrogen-bond acceptors (Lipinski definition) is 1. The molecule has 0 heterocycles. The van der Waals surface area contributed by atoms with Crippen LogP contribution < -0.4 is 20.9 Å². The average molecular weight is 442 g/mol. The highest BCUT2D eigenvalue weighted by Crippen LogP contribution is 2.43. The molecule has 4 heteroatoms. The van der Waals surface area contributed by atoms with Gasteiger partial charge < -0.3 is 0 Å². The molecule has 0 aromatic heterocycles. The van der Waals surface area contributed by atoms with Crippen LogP contribution in [0.3, 0.4) is 0 Å². The Balaban J connectivity index is 1.87. The minimum absolute atomic E-state index is 0.0256. The zero-order valence-electron chi connectivity index (χ0n) is 18.0. The molecule has 4 aromatic carbocycles. The number of rotatable bonds is 7. The van der Waals surface area contributed by atoms with Crippen LogP contribution in [0.15, 0.2) is 121 Å². The summed E-state index contributed by atoms with van der Waals surface area (Å²) in [4.78, 5) is 0. The second kappa shape index (κ2) is 9.19. The van der Waals surface area contributed by atoms with Crippen LogP contribution in [0, 0.1) is 0 Å². The molecule has 1 N–H and O–H groups in total. The van der Waals surface area contributed by atoms with Crippen LogP contribution in [0.5, 0.6) is 0 Å². The van der Waals surface area contributed by atoms with E-state index in [1.165, 1.54) is 10.8 Å². The summed E-state index contributed by atoms with van der Waals surface area (Å²) in [7, 11) is -5.19. The van der Waals surface area contributed by atoms with Crippen LogP contribution in [0.4, 0.5) is 0 Å². The zero-order valence-corrected chi connectivity index (χ0v) is 19.9. The van der Waals surface area contributed by atoms with Gasteiger partial charge in [-0.15, -0.1) is 0 Å². The Morgan fingerprint density at radius 3 is 1.45 bits per heavy atom. The Bertz CT molecular complexity index is 1110. The second-order valence-corrected chi connectivity index (χ2v) is 15.4. The maximum Gasteiger partial charge on any atom is 0.204 e. The van der Waals surface area contributed by atoms with Gasteiger partial charge in [0.2, 0.25) is 7.29 Å². The van der Waals surface area contributed by atoms with Crippen LogP contribution in [0.2, 0.25) is 13.1 Å². The molecule has 0 amide bonds. The van der Waals surface area contributed by atoms with Gasteiger partial charge in [-0.1, -0.05) is 115 Å². The summed E-state index contributed by atoms with van der Waals surface area (Å²) in [5.41, 5.74) is 1.15. The van der Waals surface area contributed by atoms with E-state index < -0.39 is 15.4 Å². The summed E-state index contributed by atoms with van der Waals surface area (Å²) in [6.45, 7) is 4.71. The van der Waals surface area contributed by atoms with Crippen molar-refractivity contribution >= 4 is 31.2 Å². The van der Waals surface area contributed by atoms with Gasteiger partial charge in [0.1, 0.15) is 8.07 Å². The Morgan fingerprint density at radius 2 is 1.00 bits per heavy atom. The first kappa shape index (κ1) is 21.5. The average Bonchev–Trinajstić information content (AvgIpc) is 2.84. The van der Waals surface area contributed by atoms with Gasteiger partial charge in [0.25, 0.3) is 0 Å². The maximum atomic E-state index is 14.8. The number of hydrogen-bond donors (Lipinski definition) is 1. The van der Waals surface area contributed by atoms with Gasteiger partial charge in [-0.25, -0.2) is 0 Å². The van der Waals surface area contributed by atoms with Crippen molar-refractivity contribution in [2.45, 2.75) is 18.8 Å². The SMILES string of the molecule is C[Si](C)(c1ccccc1)C(NP(=O)(c1ccccc1)c1ccccc1)c1ccccc1. The molecule has 4 rings (SSSR count). The summed E-state index contributed by atoms with van der Waals surface area (Å²) in [6.07, 6.45) is 0. The predicted molar refractivity (Wildman–Crippen MR) is 136 cm³/mol. The molecule has 156 valence electrons. The third kappa shape index (κ3) is 4.50. The monoisotopic (exact) mass is 441 g/mol. The molecular weight excluding hydrogens is 413 g/mol. The van der Waals surface area contributed by atoms with E-state index in [1.807, 2.05) is 66.7 Å². The normalized spacial score (nSPS) is 13.0. The Labute approximate surface area is 186 Å². The molecule has 1 atom stereocenters. The molecule has 0 spiro atoms. The van der Waals surface area contributed by atoms with Crippen molar-refractivity contribution in [2.75, 3.05) is 0 Å². The van der Waals surface area contributed by atoms with Gasteiger partial charge in [-0.2, -0.15) is 0 Å². The topological polar surface area (TPSA) is 29.1 Å². The van der Waals surface area contributed by atoms with E-state index in [2.05, 4.69) is 72.8 Å². The summed E-state index contributed by atoms with van der Waals surface area (Å²) >= 11 is 0. The second-order valence-electron chi connectivity index (χ2n) is 8.34. The lowest BCUT2D eigenvalue weighted by molar-refractivity contribution is 0.575. The molecule has 0 radical (unpaired) electrons. The predicted octanol–water partition coefficient (Wildman–Crippen LogP) is 5.40. The molecule has 4 aromatic rings. The van der Waals surface area contributed by atoms with E-state index in [0.29, 0.717) is 0 Å². The quantitative estimate of drug-likeness (QED) is 0.307. The molecular formula is C27H28NOPSi. The summed E-state index contributed by atoms with van der Waals surface area (Å²) in [5.74, 6) is 0. The fraction of sp³-hybridized carbons (Fsp3) is 0.111. The Kier molecular flexibility index (Phi) is 6.38. The highest BCUT2D eigenvalue weighted by Gasteiger charge is 2.40. The van der Waals surface area contributed by atoms with Gasteiger partial charge in [-0.3, -0.25) is 9.65 Å². The summed E-state index contributed by atoms with van der Waals surface area (Å²) in [5, 5.41) is 6.74.